The average molecular weight is 466 g/mol. The first-order valence-corrected chi connectivity index (χ1v) is 10.5. The van der Waals surface area contributed by atoms with Gasteiger partial charge in [0, 0.05) is 13.8 Å². The predicted molar refractivity (Wildman–Crippen MR) is 106 cm³/mol. The van der Waals surface area contributed by atoms with E-state index >= 15 is 0 Å². The summed E-state index contributed by atoms with van der Waals surface area (Å²) in [5.41, 5.74) is 0. The van der Waals surface area contributed by atoms with Gasteiger partial charge in [0.25, 0.3) is 0 Å². The second-order valence-corrected chi connectivity index (χ2v) is 7.96. The maximum atomic E-state index is 11.7. The van der Waals surface area contributed by atoms with Gasteiger partial charge < -0.3 is 55.1 Å². The van der Waals surface area contributed by atoms with Crippen LogP contribution in [0.2, 0.25) is 0 Å². The van der Waals surface area contributed by atoms with Crippen molar-refractivity contribution in [2.45, 2.75) is 88.5 Å². The van der Waals surface area contributed by atoms with Gasteiger partial charge in [-0.2, -0.15) is 0 Å². The fourth-order valence-corrected chi connectivity index (χ4v) is 3.93. The van der Waals surface area contributed by atoms with Gasteiger partial charge in [-0.15, -0.1) is 0 Å². The summed E-state index contributed by atoms with van der Waals surface area (Å²) in [4.78, 5) is 23.3. The van der Waals surface area contributed by atoms with Gasteiger partial charge in [0.2, 0.25) is 11.8 Å². The van der Waals surface area contributed by atoms with E-state index in [1.165, 1.54) is 13.8 Å². The second kappa shape index (κ2) is 12.2. The normalized spacial score (nSPS) is 38.7. The number of aliphatic hydroxyl groups is 5. The zero-order chi connectivity index (χ0) is 24.0. The Hall–Kier alpha value is -1.42. The molecule has 186 valence electrons. The molecule has 10 atom stereocenters. The first-order valence-electron chi connectivity index (χ1n) is 10.5. The summed E-state index contributed by atoms with van der Waals surface area (Å²) >= 11 is 0. The Morgan fingerprint density at radius 2 is 1.69 bits per heavy atom. The highest BCUT2D eigenvalue weighted by Crippen LogP contribution is 2.30. The van der Waals surface area contributed by atoms with Gasteiger partial charge in [-0.05, 0) is 13.3 Å². The van der Waals surface area contributed by atoms with E-state index in [-0.39, 0.29) is 18.9 Å². The minimum atomic E-state index is -1.65. The number of aliphatic hydroxyl groups excluding tert-OH is 5. The summed E-state index contributed by atoms with van der Waals surface area (Å²) in [7, 11) is 0. The molecule has 0 bridgehead atoms. The Labute approximate surface area is 185 Å². The summed E-state index contributed by atoms with van der Waals surface area (Å²) in [6.07, 6.45) is -8.58. The Morgan fingerprint density at radius 1 is 1.06 bits per heavy atom. The van der Waals surface area contributed by atoms with Crippen LogP contribution in [0.5, 0.6) is 0 Å². The number of carbonyl (C=O) groups excluding carboxylic acids is 2. The molecule has 0 saturated carbocycles. The molecular formula is C19H34N2O11. The minimum absolute atomic E-state index is 0.252. The molecule has 2 aliphatic rings. The van der Waals surface area contributed by atoms with Gasteiger partial charge in [-0.3, -0.25) is 9.59 Å². The molecule has 0 aliphatic carbocycles. The van der Waals surface area contributed by atoms with Crippen LogP contribution in [0, 0.1) is 0 Å². The van der Waals surface area contributed by atoms with E-state index in [1.807, 2.05) is 0 Å². The fourth-order valence-electron chi connectivity index (χ4n) is 3.93. The van der Waals surface area contributed by atoms with Crippen molar-refractivity contribution >= 4 is 11.8 Å². The number of ether oxygens (including phenoxy) is 4. The van der Waals surface area contributed by atoms with Crippen molar-refractivity contribution in [2.24, 2.45) is 0 Å². The number of carbonyl (C=O) groups is 2. The minimum Gasteiger partial charge on any atom is -0.394 e. The number of amides is 2. The molecule has 2 rings (SSSR count). The van der Waals surface area contributed by atoms with E-state index < -0.39 is 80.4 Å². The van der Waals surface area contributed by atoms with Crippen molar-refractivity contribution < 1.29 is 54.1 Å². The molecule has 0 aromatic rings. The largest absolute Gasteiger partial charge is 0.394 e. The summed E-state index contributed by atoms with van der Waals surface area (Å²) < 4.78 is 22.6. The molecule has 13 heteroatoms. The van der Waals surface area contributed by atoms with Gasteiger partial charge >= 0.3 is 0 Å². The maximum absolute atomic E-state index is 11.7. The molecule has 0 aromatic heterocycles. The van der Waals surface area contributed by atoms with Gasteiger partial charge in [-0.25, -0.2) is 0 Å². The first-order chi connectivity index (χ1) is 15.1. The quantitative estimate of drug-likeness (QED) is 0.165. The van der Waals surface area contributed by atoms with Crippen LogP contribution in [0.25, 0.3) is 0 Å². The zero-order valence-electron chi connectivity index (χ0n) is 18.3. The van der Waals surface area contributed by atoms with E-state index in [4.69, 9.17) is 24.1 Å². The molecule has 7 N–H and O–H groups in total. The van der Waals surface area contributed by atoms with Crippen LogP contribution in [0.15, 0.2) is 0 Å². The van der Waals surface area contributed by atoms with Gasteiger partial charge in [0.05, 0.1) is 38.1 Å². The fraction of sp³-hybridized carbons (Fsp3) is 0.895. The van der Waals surface area contributed by atoms with E-state index in [9.17, 15) is 30.0 Å². The third-order valence-electron chi connectivity index (χ3n) is 5.43. The Kier molecular flexibility index (Phi) is 10.2. The van der Waals surface area contributed by atoms with Crippen molar-refractivity contribution in [3.8, 4) is 0 Å². The average Bonchev–Trinajstić information content (AvgIpc) is 2.73. The van der Waals surface area contributed by atoms with Crippen molar-refractivity contribution in [1.82, 2.24) is 10.6 Å². The summed E-state index contributed by atoms with van der Waals surface area (Å²) in [6.45, 7) is 2.56. The van der Waals surface area contributed by atoms with Gasteiger partial charge in [0.1, 0.15) is 30.5 Å². The SMILES string of the molecule is CC(=O)NC1C(O)[C@H](O[C@H](O)CO)C(CO)O[C@H]1O[C@H]1CC(NC(C)=O)[C@H](C)OC1CO. The highest BCUT2D eigenvalue weighted by atomic mass is 16.7. The molecule has 2 heterocycles. The molecular weight excluding hydrogens is 432 g/mol. The highest BCUT2D eigenvalue weighted by Gasteiger charge is 2.49. The van der Waals surface area contributed by atoms with Crippen molar-refractivity contribution in [2.75, 3.05) is 19.8 Å². The van der Waals surface area contributed by atoms with Crippen molar-refractivity contribution in [1.29, 1.82) is 0 Å². The molecule has 2 saturated heterocycles. The number of nitrogens with one attached hydrogen (secondary N) is 2. The van der Waals surface area contributed by atoms with E-state index in [0.717, 1.165) is 0 Å². The van der Waals surface area contributed by atoms with Crippen LogP contribution in [-0.2, 0) is 28.5 Å². The molecule has 0 radical (unpaired) electrons. The predicted octanol–water partition coefficient (Wildman–Crippen LogP) is -3.68. The van der Waals surface area contributed by atoms with E-state index in [1.54, 1.807) is 6.92 Å². The lowest BCUT2D eigenvalue weighted by Crippen LogP contribution is -2.67. The summed E-state index contributed by atoms with van der Waals surface area (Å²) in [5.74, 6) is -0.784. The lowest BCUT2D eigenvalue weighted by Gasteiger charge is -2.47. The van der Waals surface area contributed by atoms with Gasteiger partial charge in [0.15, 0.2) is 12.6 Å². The molecule has 0 spiro atoms. The Morgan fingerprint density at radius 3 is 2.22 bits per heavy atom. The molecule has 5 unspecified atom stereocenters. The second-order valence-electron chi connectivity index (χ2n) is 7.96. The van der Waals surface area contributed by atoms with E-state index in [2.05, 4.69) is 10.6 Å². The monoisotopic (exact) mass is 466 g/mol. The Balaban J connectivity index is 2.23. The number of rotatable bonds is 9. The third kappa shape index (κ3) is 6.79. The number of hydrogen-bond acceptors (Lipinski definition) is 11. The van der Waals surface area contributed by atoms with Crippen LogP contribution >= 0.6 is 0 Å². The molecule has 2 aliphatic heterocycles. The van der Waals surface area contributed by atoms with Crippen molar-refractivity contribution in [3.05, 3.63) is 0 Å². The Bertz CT molecular complexity index is 624. The standard InChI is InChI=1S/C19H34N2O11/c1-8-11(20-9(2)25)4-12(13(5-22)29-8)30-19-16(21-10(3)26)17(28)18(14(6-23)31-19)32-15(27)7-24/h8,11-19,22-24,27-28H,4-7H2,1-3H3,(H,20,25)(H,21,26)/t8-,11?,12-,13?,14?,15-,16?,17?,18+,19+/m0/s1. The third-order valence-corrected chi connectivity index (χ3v) is 5.43. The molecule has 2 amide bonds. The van der Waals surface area contributed by atoms with Crippen LogP contribution in [0.1, 0.15) is 27.2 Å². The zero-order valence-corrected chi connectivity index (χ0v) is 18.3. The van der Waals surface area contributed by atoms with E-state index in [0.29, 0.717) is 0 Å². The van der Waals surface area contributed by atoms with Crippen LogP contribution in [0.3, 0.4) is 0 Å². The summed E-state index contributed by atoms with van der Waals surface area (Å²) in [6, 6.07) is -1.60. The van der Waals surface area contributed by atoms with Crippen molar-refractivity contribution in [3.63, 3.8) is 0 Å². The lowest BCUT2D eigenvalue weighted by molar-refractivity contribution is -0.320. The van der Waals surface area contributed by atoms with Gasteiger partial charge in [-0.1, -0.05) is 0 Å². The summed E-state index contributed by atoms with van der Waals surface area (Å²) in [5, 5.41) is 54.2. The lowest BCUT2D eigenvalue weighted by atomic mass is 9.94. The highest BCUT2D eigenvalue weighted by molar-refractivity contribution is 5.73. The molecule has 2 fully saturated rings. The first kappa shape index (κ1) is 26.8. The maximum Gasteiger partial charge on any atom is 0.217 e. The number of hydrogen-bond donors (Lipinski definition) is 7. The van der Waals surface area contributed by atoms with Crippen LogP contribution < -0.4 is 10.6 Å². The van der Waals surface area contributed by atoms with Crippen LogP contribution in [0.4, 0.5) is 0 Å². The molecule has 13 nitrogen and oxygen atoms in total. The smallest absolute Gasteiger partial charge is 0.217 e. The topological polar surface area (TPSA) is 196 Å². The molecule has 0 aromatic carbocycles. The van der Waals surface area contributed by atoms with Crippen LogP contribution in [-0.4, -0.2) is 118 Å². The molecule has 32 heavy (non-hydrogen) atoms.